The van der Waals surface area contributed by atoms with E-state index in [1.54, 1.807) is 72.8 Å². The molecular weight excluding hydrogens is 442 g/mol. The SMILES string of the molecule is COc1ccccc1NC(=O)COc1ccc(/C=C(\C#N)C(=O)Nc2cccc(Cl)c2)cc1. The Morgan fingerprint density at radius 1 is 1.03 bits per heavy atom. The van der Waals surface area contributed by atoms with Crippen molar-refractivity contribution in [3.05, 3.63) is 89.0 Å². The highest BCUT2D eigenvalue weighted by atomic mass is 35.5. The van der Waals surface area contributed by atoms with Crippen molar-refractivity contribution in [3.8, 4) is 17.6 Å². The molecule has 0 saturated carbocycles. The van der Waals surface area contributed by atoms with Gasteiger partial charge in [0.1, 0.15) is 23.1 Å². The summed E-state index contributed by atoms with van der Waals surface area (Å²) >= 11 is 5.91. The molecule has 8 heteroatoms. The number of hydrogen-bond acceptors (Lipinski definition) is 5. The van der Waals surface area contributed by atoms with Gasteiger partial charge in [-0.05, 0) is 54.1 Å². The summed E-state index contributed by atoms with van der Waals surface area (Å²) in [6.45, 7) is -0.196. The Balaban J connectivity index is 1.58. The van der Waals surface area contributed by atoms with Gasteiger partial charge >= 0.3 is 0 Å². The van der Waals surface area contributed by atoms with Crippen molar-refractivity contribution < 1.29 is 19.1 Å². The minimum atomic E-state index is -0.548. The van der Waals surface area contributed by atoms with Crippen LogP contribution in [0.4, 0.5) is 11.4 Å². The summed E-state index contributed by atoms with van der Waals surface area (Å²) in [7, 11) is 1.52. The van der Waals surface area contributed by atoms with E-state index in [9.17, 15) is 14.9 Å². The van der Waals surface area contributed by atoms with Crippen LogP contribution in [0.3, 0.4) is 0 Å². The summed E-state index contributed by atoms with van der Waals surface area (Å²) in [4.78, 5) is 24.5. The maximum absolute atomic E-state index is 12.4. The van der Waals surface area contributed by atoms with E-state index < -0.39 is 5.91 Å². The molecule has 7 nitrogen and oxygen atoms in total. The predicted octanol–water partition coefficient (Wildman–Crippen LogP) is 4.91. The van der Waals surface area contributed by atoms with Gasteiger partial charge in [-0.1, -0.05) is 41.9 Å². The molecule has 0 aromatic heterocycles. The lowest BCUT2D eigenvalue weighted by molar-refractivity contribution is -0.118. The number of carbonyl (C=O) groups excluding carboxylic acids is 2. The number of anilines is 2. The molecule has 0 fully saturated rings. The fraction of sp³-hybridized carbons (Fsp3) is 0.0800. The predicted molar refractivity (Wildman–Crippen MR) is 127 cm³/mol. The minimum Gasteiger partial charge on any atom is -0.495 e. The first-order valence-corrected chi connectivity index (χ1v) is 10.2. The molecule has 0 bridgehead atoms. The first-order valence-electron chi connectivity index (χ1n) is 9.83. The van der Waals surface area contributed by atoms with E-state index in [1.807, 2.05) is 6.07 Å². The highest BCUT2D eigenvalue weighted by molar-refractivity contribution is 6.31. The number of nitrogens with one attached hydrogen (secondary N) is 2. The van der Waals surface area contributed by atoms with Crippen molar-refractivity contribution >= 4 is 40.9 Å². The third-order valence-electron chi connectivity index (χ3n) is 4.39. The quantitative estimate of drug-likeness (QED) is 0.366. The molecule has 0 aliphatic rings. The fourth-order valence-corrected chi connectivity index (χ4v) is 3.01. The largest absolute Gasteiger partial charge is 0.495 e. The zero-order valence-electron chi connectivity index (χ0n) is 17.7. The average molecular weight is 462 g/mol. The third-order valence-corrected chi connectivity index (χ3v) is 4.62. The maximum atomic E-state index is 12.4. The molecule has 33 heavy (non-hydrogen) atoms. The Hall–Kier alpha value is -4.28. The van der Waals surface area contributed by atoms with Crippen LogP contribution >= 0.6 is 11.6 Å². The molecule has 0 radical (unpaired) electrons. The van der Waals surface area contributed by atoms with Gasteiger partial charge in [0, 0.05) is 10.7 Å². The van der Waals surface area contributed by atoms with E-state index in [-0.39, 0.29) is 18.1 Å². The van der Waals surface area contributed by atoms with E-state index in [4.69, 9.17) is 21.1 Å². The number of halogens is 1. The number of para-hydroxylation sites is 2. The van der Waals surface area contributed by atoms with Crippen molar-refractivity contribution in [1.82, 2.24) is 0 Å². The molecule has 2 N–H and O–H groups in total. The van der Waals surface area contributed by atoms with E-state index in [0.29, 0.717) is 33.5 Å². The van der Waals surface area contributed by atoms with Crippen LogP contribution in [0, 0.1) is 11.3 Å². The van der Waals surface area contributed by atoms with Crippen LogP contribution in [-0.2, 0) is 9.59 Å². The molecule has 3 aromatic carbocycles. The second-order valence-corrected chi connectivity index (χ2v) is 7.18. The van der Waals surface area contributed by atoms with Crippen LogP contribution in [0.15, 0.2) is 78.4 Å². The lowest BCUT2D eigenvalue weighted by atomic mass is 10.1. The van der Waals surface area contributed by atoms with Crippen molar-refractivity contribution in [3.63, 3.8) is 0 Å². The van der Waals surface area contributed by atoms with E-state index in [1.165, 1.54) is 13.2 Å². The van der Waals surface area contributed by atoms with Crippen LogP contribution in [0.25, 0.3) is 6.08 Å². The van der Waals surface area contributed by atoms with Crippen molar-refractivity contribution in [1.29, 1.82) is 5.26 Å². The Bertz CT molecular complexity index is 1220. The number of carbonyl (C=O) groups is 2. The maximum Gasteiger partial charge on any atom is 0.266 e. The fourth-order valence-electron chi connectivity index (χ4n) is 2.82. The van der Waals surface area contributed by atoms with E-state index >= 15 is 0 Å². The number of hydrogen-bond donors (Lipinski definition) is 2. The molecule has 0 unspecified atom stereocenters. The average Bonchev–Trinajstić information content (AvgIpc) is 2.82. The molecule has 0 aliphatic carbocycles. The summed E-state index contributed by atoms with van der Waals surface area (Å²) in [5.74, 6) is 0.125. The minimum absolute atomic E-state index is 0.0696. The van der Waals surface area contributed by atoms with Gasteiger partial charge < -0.3 is 20.1 Å². The number of benzene rings is 3. The Kier molecular flexibility index (Phi) is 8.06. The van der Waals surface area contributed by atoms with Crippen molar-refractivity contribution in [2.75, 3.05) is 24.4 Å². The molecule has 2 amide bonds. The topological polar surface area (TPSA) is 100 Å². The Labute approximate surface area is 196 Å². The summed E-state index contributed by atoms with van der Waals surface area (Å²) in [5, 5.41) is 15.2. The van der Waals surface area contributed by atoms with Crippen LogP contribution < -0.4 is 20.1 Å². The molecule has 166 valence electrons. The summed E-state index contributed by atoms with van der Waals surface area (Å²) in [6, 6.07) is 22.3. The summed E-state index contributed by atoms with van der Waals surface area (Å²) < 4.78 is 10.7. The smallest absolute Gasteiger partial charge is 0.266 e. The molecule has 3 rings (SSSR count). The normalized spacial score (nSPS) is 10.6. The van der Waals surface area contributed by atoms with Crippen LogP contribution in [-0.4, -0.2) is 25.5 Å². The first kappa shape index (κ1) is 23.4. The Morgan fingerprint density at radius 3 is 2.48 bits per heavy atom. The van der Waals surface area contributed by atoms with Gasteiger partial charge in [0.2, 0.25) is 0 Å². The zero-order chi connectivity index (χ0) is 23.6. The van der Waals surface area contributed by atoms with Crippen LogP contribution in [0.2, 0.25) is 5.02 Å². The first-order chi connectivity index (χ1) is 16.0. The number of amides is 2. The highest BCUT2D eigenvalue weighted by Gasteiger charge is 2.11. The van der Waals surface area contributed by atoms with Gasteiger partial charge in [-0.25, -0.2) is 0 Å². The number of ether oxygens (including phenoxy) is 2. The van der Waals surface area contributed by atoms with E-state index in [0.717, 1.165) is 0 Å². The summed E-state index contributed by atoms with van der Waals surface area (Å²) in [5.41, 5.74) is 1.59. The Morgan fingerprint density at radius 2 is 1.79 bits per heavy atom. The monoisotopic (exact) mass is 461 g/mol. The van der Waals surface area contributed by atoms with Gasteiger partial charge in [0.05, 0.1) is 12.8 Å². The third kappa shape index (κ3) is 6.86. The van der Waals surface area contributed by atoms with Gasteiger partial charge in [0.15, 0.2) is 6.61 Å². The standard InChI is InChI=1S/C25H20ClN3O4/c1-32-23-8-3-2-7-22(23)29-24(30)16-33-21-11-9-17(10-12-21)13-18(15-27)25(31)28-20-6-4-5-19(26)14-20/h2-14H,16H2,1H3,(H,28,31)(H,29,30)/b18-13+. The van der Waals surface area contributed by atoms with Crippen molar-refractivity contribution in [2.45, 2.75) is 0 Å². The van der Waals surface area contributed by atoms with Gasteiger partial charge in [-0.3, -0.25) is 9.59 Å². The van der Waals surface area contributed by atoms with Gasteiger partial charge in [-0.2, -0.15) is 5.26 Å². The van der Waals surface area contributed by atoms with E-state index in [2.05, 4.69) is 10.6 Å². The number of nitriles is 1. The van der Waals surface area contributed by atoms with Crippen LogP contribution in [0.1, 0.15) is 5.56 Å². The molecule has 0 atom stereocenters. The van der Waals surface area contributed by atoms with Crippen LogP contribution in [0.5, 0.6) is 11.5 Å². The molecule has 0 spiro atoms. The molecule has 0 heterocycles. The van der Waals surface area contributed by atoms with Crippen molar-refractivity contribution in [2.24, 2.45) is 0 Å². The second kappa shape index (κ2) is 11.4. The number of nitrogens with zero attached hydrogens (tertiary/aromatic N) is 1. The second-order valence-electron chi connectivity index (χ2n) is 6.74. The molecule has 3 aromatic rings. The molecule has 0 saturated heterocycles. The lowest BCUT2D eigenvalue weighted by Gasteiger charge is -2.10. The zero-order valence-corrected chi connectivity index (χ0v) is 18.4. The van der Waals surface area contributed by atoms with Gasteiger partial charge in [-0.15, -0.1) is 0 Å². The highest BCUT2D eigenvalue weighted by Crippen LogP contribution is 2.23. The molecular formula is C25H20ClN3O4. The summed E-state index contributed by atoms with van der Waals surface area (Å²) in [6.07, 6.45) is 1.46. The van der Waals surface area contributed by atoms with Gasteiger partial charge in [0.25, 0.3) is 11.8 Å². The molecule has 0 aliphatic heterocycles. The lowest BCUT2D eigenvalue weighted by Crippen LogP contribution is -2.20. The number of methoxy groups -OCH3 is 1. The number of rotatable bonds is 8.